The van der Waals surface area contributed by atoms with E-state index in [4.69, 9.17) is 0 Å². The van der Waals surface area contributed by atoms with Crippen molar-refractivity contribution in [3.05, 3.63) is 90.5 Å². The van der Waals surface area contributed by atoms with Gasteiger partial charge in [-0.25, -0.2) is 4.79 Å². The van der Waals surface area contributed by atoms with Crippen LogP contribution in [0.15, 0.2) is 84.9 Å². The molecule has 6 heteroatoms. The Kier molecular flexibility index (Phi) is 4.63. The van der Waals surface area contributed by atoms with Gasteiger partial charge in [0.2, 0.25) is 5.91 Å². The van der Waals surface area contributed by atoms with Crippen molar-refractivity contribution < 1.29 is 14.4 Å². The number of carbonyl (C=O) groups is 3. The summed E-state index contributed by atoms with van der Waals surface area (Å²) in [5.74, 6) is -0.890. The van der Waals surface area contributed by atoms with E-state index in [9.17, 15) is 14.4 Å². The highest BCUT2D eigenvalue weighted by atomic mass is 16.2. The van der Waals surface area contributed by atoms with Crippen molar-refractivity contribution in [1.29, 1.82) is 0 Å². The molecule has 4 aromatic rings. The number of nitrogens with zero attached hydrogens (tertiary/aromatic N) is 1. The standard InChI is InChI=1S/C26H21N3O3/c1-26(22-12-6-10-18-8-4-5-11-21(18)22)24(31)29(25(32)28-26)16-23(30)27-20-14-13-17-7-2-3-9-19(17)15-20/h2-15H,16H2,1H3,(H,27,30)(H,28,32)/t26-/m0/s1. The third-order valence-corrected chi connectivity index (χ3v) is 5.94. The van der Waals surface area contributed by atoms with Crippen molar-refractivity contribution in [3.63, 3.8) is 0 Å². The van der Waals surface area contributed by atoms with E-state index < -0.39 is 23.4 Å². The molecule has 2 N–H and O–H groups in total. The highest BCUT2D eigenvalue weighted by molar-refractivity contribution is 6.11. The zero-order valence-corrected chi connectivity index (χ0v) is 17.5. The van der Waals surface area contributed by atoms with Crippen molar-refractivity contribution in [3.8, 4) is 0 Å². The minimum Gasteiger partial charge on any atom is -0.325 e. The van der Waals surface area contributed by atoms with Crippen molar-refractivity contribution >= 4 is 45.1 Å². The van der Waals surface area contributed by atoms with E-state index in [1.165, 1.54) is 0 Å². The van der Waals surface area contributed by atoms with Gasteiger partial charge in [0.25, 0.3) is 5.91 Å². The molecule has 4 aromatic carbocycles. The predicted octanol–water partition coefficient (Wildman–Crippen LogP) is 4.40. The Hall–Kier alpha value is -4.19. The monoisotopic (exact) mass is 423 g/mol. The van der Waals surface area contributed by atoms with Crippen LogP contribution in [0.25, 0.3) is 21.5 Å². The lowest BCUT2D eigenvalue weighted by Gasteiger charge is -2.24. The minimum absolute atomic E-state index is 0.363. The maximum atomic E-state index is 13.3. The van der Waals surface area contributed by atoms with Gasteiger partial charge in [-0.2, -0.15) is 0 Å². The van der Waals surface area contributed by atoms with E-state index in [1.54, 1.807) is 13.0 Å². The predicted molar refractivity (Wildman–Crippen MR) is 124 cm³/mol. The van der Waals surface area contributed by atoms with Gasteiger partial charge in [0.15, 0.2) is 0 Å². The van der Waals surface area contributed by atoms with E-state index in [1.807, 2.05) is 78.9 Å². The number of benzene rings is 4. The second-order valence-electron chi connectivity index (χ2n) is 8.08. The molecular weight excluding hydrogens is 402 g/mol. The lowest BCUT2D eigenvalue weighted by Crippen LogP contribution is -2.42. The molecule has 6 nitrogen and oxygen atoms in total. The molecule has 1 aliphatic heterocycles. The summed E-state index contributed by atoms with van der Waals surface area (Å²) in [6, 6.07) is 26.2. The molecule has 0 aliphatic carbocycles. The number of hydrogen-bond donors (Lipinski definition) is 2. The van der Waals surface area contributed by atoms with Gasteiger partial charge in [-0.15, -0.1) is 0 Å². The average Bonchev–Trinajstić information content (AvgIpc) is 3.02. The molecule has 0 spiro atoms. The molecule has 0 radical (unpaired) electrons. The number of amides is 4. The topological polar surface area (TPSA) is 78.5 Å². The molecular formula is C26H21N3O3. The second kappa shape index (κ2) is 7.50. The van der Waals surface area contributed by atoms with Crippen LogP contribution in [0.5, 0.6) is 0 Å². The van der Waals surface area contributed by atoms with Gasteiger partial charge >= 0.3 is 6.03 Å². The van der Waals surface area contributed by atoms with Crippen LogP contribution in [-0.2, 0) is 15.1 Å². The van der Waals surface area contributed by atoms with Gasteiger partial charge in [0.05, 0.1) is 0 Å². The molecule has 32 heavy (non-hydrogen) atoms. The SMILES string of the molecule is C[C@@]1(c2cccc3ccccc23)NC(=O)N(CC(=O)Nc2ccc3ccccc3c2)C1=O. The number of carbonyl (C=O) groups excluding carboxylic acids is 3. The minimum atomic E-state index is -1.25. The van der Waals surface area contributed by atoms with E-state index in [-0.39, 0.29) is 6.54 Å². The summed E-state index contributed by atoms with van der Waals surface area (Å²) in [6.07, 6.45) is 0. The Labute approximate surface area is 184 Å². The number of anilines is 1. The molecule has 1 fully saturated rings. The molecule has 158 valence electrons. The molecule has 1 saturated heterocycles. The van der Waals surface area contributed by atoms with Gasteiger partial charge in [-0.3, -0.25) is 14.5 Å². The Morgan fingerprint density at radius 1 is 0.875 bits per heavy atom. The van der Waals surface area contributed by atoms with Gasteiger partial charge in [0.1, 0.15) is 12.1 Å². The fourth-order valence-electron chi connectivity index (χ4n) is 4.30. The third kappa shape index (κ3) is 3.26. The molecule has 0 aromatic heterocycles. The summed E-state index contributed by atoms with van der Waals surface area (Å²) >= 11 is 0. The largest absolute Gasteiger partial charge is 0.325 e. The average molecular weight is 423 g/mol. The van der Waals surface area contributed by atoms with Crippen LogP contribution in [0.2, 0.25) is 0 Å². The summed E-state index contributed by atoms with van der Waals surface area (Å²) in [5.41, 5.74) is 0.0604. The summed E-state index contributed by atoms with van der Waals surface area (Å²) in [5, 5.41) is 9.48. The smallest absolute Gasteiger partial charge is 0.325 e. The van der Waals surface area contributed by atoms with Crippen LogP contribution in [-0.4, -0.2) is 29.3 Å². The van der Waals surface area contributed by atoms with E-state index >= 15 is 0 Å². The van der Waals surface area contributed by atoms with Crippen LogP contribution >= 0.6 is 0 Å². The first-order valence-electron chi connectivity index (χ1n) is 10.4. The molecule has 0 bridgehead atoms. The maximum Gasteiger partial charge on any atom is 0.325 e. The van der Waals surface area contributed by atoms with Crippen LogP contribution in [0.4, 0.5) is 10.5 Å². The summed E-state index contributed by atoms with van der Waals surface area (Å²) < 4.78 is 0. The first kappa shape index (κ1) is 19.8. The Bertz CT molecular complexity index is 1390. The van der Waals surface area contributed by atoms with Crippen LogP contribution in [0.3, 0.4) is 0 Å². The van der Waals surface area contributed by atoms with Crippen LogP contribution in [0.1, 0.15) is 12.5 Å². The summed E-state index contributed by atoms with van der Waals surface area (Å²) in [4.78, 5) is 39.6. The zero-order valence-electron chi connectivity index (χ0n) is 17.5. The lowest BCUT2D eigenvalue weighted by atomic mass is 9.88. The van der Waals surface area contributed by atoms with Crippen LogP contribution in [0, 0.1) is 0 Å². The number of rotatable bonds is 4. The molecule has 0 saturated carbocycles. The molecule has 1 heterocycles. The van der Waals surface area contributed by atoms with Crippen molar-refractivity contribution in [2.75, 3.05) is 11.9 Å². The highest BCUT2D eigenvalue weighted by Gasteiger charge is 2.50. The number of nitrogens with one attached hydrogen (secondary N) is 2. The Morgan fingerprint density at radius 2 is 1.56 bits per heavy atom. The fraction of sp³-hybridized carbons (Fsp3) is 0.115. The second-order valence-corrected chi connectivity index (χ2v) is 8.08. The maximum absolute atomic E-state index is 13.3. The molecule has 5 rings (SSSR count). The molecule has 1 atom stereocenters. The summed E-state index contributed by atoms with van der Waals surface area (Å²) in [7, 11) is 0. The van der Waals surface area contributed by atoms with Crippen molar-refractivity contribution in [2.24, 2.45) is 0 Å². The Balaban J connectivity index is 1.38. The quantitative estimate of drug-likeness (QED) is 0.478. The van der Waals surface area contributed by atoms with E-state index in [0.717, 1.165) is 26.4 Å². The third-order valence-electron chi connectivity index (χ3n) is 5.94. The fourth-order valence-corrected chi connectivity index (χ4v) is 4.30. The van der Waals surface area contributed by atoms with Gasteiger partial charge in [-0.1, -0.05) is 72.8 Å². The Morgan fingerprint density at radius 3 is 2.38 bits per heavy atom. The van der Waals surface area contributed by atoms with Crippen molar-refractivity contribution in [1.82, 2.24) is 10.2 Å². The van der Waals surface area contributed by atoms with Crippen molar-refractivity contribution in [2.45, 2.75) is 12.5 Å². The highest BCUT2D eigenvalue weighted by Crippen LogP contribution is 2.33. The normalized spacial score (nSPS) is 18.2. The number of fused-ring (bicyclic) bond motifs is 2. The lowest BCUT2D eigenvalue weighted by molar-refractivity contribution is -0.133. The van der Waals surface area contributed by atoms with E-state index in [0.29, 0.717) is 11.3 Å². The van der Waals surface area contributed by atoms with Gasteiger partial charge < -0.3 is 10.6 Å². The van der Waals surface area contributed by atoms with E-state index in [2.05, 4.69) is 10.6 Å². The zero-order chi connectivity index (χ0) is 22.3. The molecule has 1 aliphatic rings. The molecule has 4 amide bonds. The molecule has 0 unspecified atom stereocenters. The van der Waals surface area contributed by atoms with Gasteiger partial charge in [0, 0.05) is 5.69 Å². The first-order valence-corrected chi connectivity index (χ1v) is 10.4. The number of hydrogen-bond acceptors (Lipinski definition) is 3. The van der Waals surface area contributed by atoms with Crippen LogP contribution < -0.4 is 10.6 Å². The number of imide groups is 1. The first-order chi connectivity index (χ1) is 15.5. The number of urea groups is 1. The van der Waals surface area contributed by atoms with Gasteiger partial charge in [-0.05, 0) is 46.2 Å². The summed E-state index contributed by atoms with van der Waals surface area (Å²) in [6.45, 7) is 1.31.